The molecule has 25 heavy (non-hydrogen) atoms. The minimum absolute atomic E-state index is 0.458. The Morgan fingerprint density at radius 3 is 2.48 bits per heavy atom. The molecule has 5 rings (SSSR count). The standard InChI is InChI=1S/C24H19N/c1-2-7-17(8-3-1)18-9-6-10-19(15-18)20-13-14-22-21-11-4-5-12-23(21)25-24(22)16-20/h1-14,16,18,25H,15H2. The Morgan fingerprint density at radius 1 is 0.760 bits per heavy atom. The summed E-state index contributed by atoms with van der Waals surface area (Å²) >= 11 is 0. The molecule has 0 radical (unpaired) electrons. The number of para-hydroxylation sites is 1. The number of aromatic nitrogens is 1. The van der Waals surface area contributed by atoms with Crippen molar-refractivity contribution in [2.75, 3.05) is 0 Å². The normalized spacial score (nSPS) is 17.1. The Balaban J connectivity index is 1.53. The van der Waals surface area contributed by atoms with Crippen molar-refractivity contribution in [1.82, 2.24) is 4.98 Å². The highest BCUT2D eigenvalue weighted by molar-refractivity contribution is 6.07. The predicted octanol–water partition coefficient (Wildman–Crippen LogP) is 6.45. The number of hydrogen-bond acceptors (Lipinski definition) is 0. The van der Waals surface area contributed by atoms with E-state index in [1.165, 1.54) is 38.5 Å². The average molecular weight is 321 g/mol. The third-order valence-corrected chi connectivity index (χ3v) is 5.19. The molecule has 0 spiro atoms. The van der Waals surface area contributed by atoms with Crippen LogP contribution in [0.5, 0.6) is 0 Å². The van der Waals surface area contributed by atoms with Crippen molar-refractivity contribution in [3.05, 3.63) is 102 Å². The lowest BCUT2D eigenvalue weighted by atomic mass is 9.85. The van der Waals surface area contributed by atoms with E-state index < -0.39 is 0 Å². The van der Waals surface area contributed by atoms with Gasteiger partial charge in [-0.3, -0.25) is 0 Å². The van der Waals surface area contributed by atoms with Crippen molar-refractivity contribution < 1.29 is 0 Å². The van der Waals surface area contributed by atoms with Crippen molar-refractivity contribution in [3.8, 4) is 0 Å². The zero-order valence-corrected chi connectivity index (χ0v) is 13.9. The minimum Gasteiger partial charge on any atom is -0.354 e. The van der Waals surface area contributed by atoms with E-state index in [1.807, 2.05) is 0 Å². The van der Waals surface area contributed by atoms with Gasteiger partial charge in [0, 0.05) is 27.7 Å². The Bertz CT molecular complexity index is 1110. The number of aromatic amines is 1. The topological polar surface area (TPSA) is 15.8 Å². The van der Waals surface area contributed by atoms with Crippen molar-refractivity contribution in [3.63, 3.8) is 0 Å². The lowest BCUT2D eigenvalue weighted by Gasteiger charge is -2.19. The molecule has 120 valence electrons. The van der Waals surface area contributed by atoms with Crippen molar-refractivity contribution in [2.24, 2.45) is 0 Å². The SMILES string of the molecule is C1=CC(c2ccccc2)CC(c2ccc3c(c2)[nH]c2ccccc23)=C1. The van der Waals surface area contributed by atoms with E-state index >= 15 is 0 Å². The van der Waals surface area contributed by atoms with Gasteiger partial charge in [0.25, 0.3) is 0 Å². The lowest BCUT2D eigenvalue weighted by molar-refractivity contribution is 0.868. The van der Waals surface area contributed by atoms with Crippen LogP contribution in [0.25, 0.3) is 27.4 Å². The number of fused-ring (bicyclic) bond motifs is 3. The molecule has 1 N–H and O–H groups in total. The largest absolute Gasteiger partial charge is 0.354 e. The zero-order valence-electron chi connectivity index (χ0n) is 13.9. The summed E-state index contributed by atoms with van der Waals surface area (Å²) in [5.74, 6) is 0.458. The maximum Gasteiger partial charge on any atom is 0.0470 e. The van der Waals surface area contributed by atoms with Crippen molar-refractivity contribution in [1.29, 1.82) is 0 Å². The van der Waals surface area contributed by atoms with Crippen LogP contribution in [0.4, 0.5) is 0 Å². The molecule has 1 aliphatic carbocycles. The van der Waals surface area contributed by atoms with Gasteiger partial charge >= 0.3 is 0 Å². The maximum absolute atomic E-state index is 3.56. The second-order valence-electron chi connectivity index (χ2n) is 6.73. The first-order valence-electron chi connectivity index (χ1n) is 8.82. The lowest BCUT2D eigenvalue weighted by Crippen LogP contribution is -2.00. The summed E-state index contributed by atoms with van der Waals surface area (Å²) in [6.45, 7) is 0. The second-order valence-corrected chi connectivity index (χ2v) is 6.73. The molecule has 1 nitrogen and oxygen atoms in total. The Kier molecular flexibility index (Phi) is 3.31. The summed E-state index contributed by atoms with van der Waals surface area (Å²) in [4.78, 5) is 3.56. The quantitative estimate of drug-likeness (QED) is 0.437. The fourth-order valence-corrected chi connectivity index (χ4v) is 3.88. The first kappa shape index (κ1) is 14.3. The number of benzene rings is 3. The Labute approximate surface area is 147 Å². The van der Waals surface area contributed by atoms with E-state index in [9.17, 15) is 0 Å². The van der Waals surface area contributed by atoms with Crippen LogP contribution in [0.1, 0.15) is 23.5 Å². The van der Waals surface area contributed by atoms with Gasteiger partial charge in [0.1, 0.15) is 0 Å². The summed E-state index contributed by atoms with van der Waals surface area (Å²) in [7, 11) is 0. The smallest absolute Gasteiger partial charge is 0.0470 e. The summed E-state index contributed by atoms with van der Waals surface area (Å²) in [5.41, 5.74) is 6.51. The van der Waals surface area contributed by atoms with Crippen molar-refractivity contribution >= 4 is 27.4 Å². The highest BCUT2D eigenvalue weighted by atomic mass is 14.7. The van der Waals surface area contributed by atoms with E-state index in [0.717, 1.165) is 6.42 Å². The molecule has 1 heteroatoms. The highest BCUT2D eigenvalue weighted by Crippen LogP contribution is 2.35. The molecule has 0 saturated heterocycles. The van der Waals surface area contributed by atoms with Gasteiger partial charge in [0.05, 0.1) is 0 Å². The molecule has 1 aliphatic rings. The van der Waals surface area contributed by atoms with Gasteiger partial charge in [0.15, 0.2) is 0 Å². The monoisotopic (exact) mass is 321 g/mol. The van der Waals surface area contributed by atoms with E-state index in [4.69, 9.17) is 0 Å². The molecule has 0 aliphatic heterocycles. The summed E-state index contributed by atoms with van der Waals surface area (Å²) in [6, 6.07) is 26.1. The number of allylic oxidation sites excluding steroid dienone is 4. The van der Waals surface area contributed by atoms with Crippen LogP contribution in [-0.4, -0.2) is 4.98 Å². The van der Waals surface area contributed by atoms with Gasteiger partial charge in [0.2, 0.25) is 0 Å². The molecular formula is C24H19N. The third-order valence-electron chi connectivity index (χ3n) is 5.19. The molecule has 4 aromatic rings. The van der Waals surface area contributed by atoms with Gasteiger partial charge in [-0.15, -0.1) is 0 Å². The summed E-state index contributed by atoms with van der Waals surface area (Å²) < 4.78 is 0. The first-order chi connectivity index (χ1) is 12.4. The second kappa shape index (κ2) is 5.78. The van der Waals surface area contributed by atoms with Gasteiger partial charge in [-0.05, 0) is 35.3 Å². The van der Waals surface area contributed by atoms with Crippen LogP contribution in [0.3, 0.4) is 0 Å². The minimum atomic E-state index is 0.458. The molecule has 0 saturated carbocycles. The van der Waals surface area contributed by atoms with E-state index in [-0.39, 0.29) is 0 Å². The Hall–Kier alpha value is -3.06. The van der Waals surface area contributed by atoms with Gasteiger partial charge in [-0.2, -0.15) is 0 Å². The fourth-order valence-electron chi connectivity index (χ4n) is 3.88. The number of nitrogens with one attached hydrogen (secondary N) is 1. The fraction of sp³-hybridized carbons (Fsp3) is 0.0833. The number of hydrogen-bond donors (Lipinski definition) is 1. The zero-order chi connectivity index (χ0) is 16.6. The van der Waals surface area contributed by atoms with Crippen LogP contribution in [-0.2, 0) is 0 Å². The van der Waals surface area contributed by atoms with E-state index in [0.29, 0.717) is 5.92 Å². The Morgan fingerprint density at radius 2 is 1.56 bits per heavy atom. The number of rotatable bonds is 2. The van der Waals surface area contributed by atoms with Crippen LogP contribution >= 0.6 is 0 Å². The molecule has 1 heterocycles. The van der Waals surface area contributed by atoms with Crippen LogP contribution < -0.4 is 0 Å². The van der Waals surface area contributed by atoms with E-state index in [1.54, 1.807) is 0 Å². The average Bonchev–Trinajstić information content (AvgIpc) is 3.06. The molecule has 3 aromatic carbocycles. The van der Waals surface area contributed by atoms with Crippen LogP contribution in [0.15, 0.2) is 91.0 Å². The molecule has 0 amide bonds. The van der Waals surface area contributed by atoms with Gasteiger partial charge in [-0.1, -0.05) is 78.9 Å². The molecule has 0 fully saturated rings. The van der Waals surface area contributed by atoms with Gasteiger partial charge in [-0.25, -0.2) is 0 Å². The molecule has 1 unspecified atom stereocenters. The predicted molar refractivity (Wildman–Crippen MR) is 107 cm³/mol. The highest BCUT2D eigenvalue weighted by Gasteiger charge is 2.15. The van der Waals surface area contributed by atoms with E-state index in [2.05, 4.69) is 96.0 Å². The van der Waals surface area contributed by atoms with Crippen molar-refractivity contribution in [2.45, 2.75) is 12.3 Å². The van der Waals surface area contributed by atoms with Crippen LogP contribution in [0, 0.1) is 0 Å². The third kappa shape index (κ3) is 2.49. The summed E-state index contributed by atoms with van der Waals surface area (Å²) in [5, 5.41) is 2.59. The molecule has 1 atom stereocenters. The van der Waals surface area contributed by atoms with Crippen LogP contribution in [0.2, 0.25) is 0 Å². The number of H-pyrrole nitrogens is 1. The van der Waals surface area contributed by atoms with Gasteiger partial charge < -0.3 is 4.98 Å². The molecule has 1 aromatic heterocycles. The first-order valence-corrected chi connectivity index (χ1v) is 8.82. The molecule has 0 bridgehead atoms. The summed E-state index contributed by atoms with van der Waals surface area (Å²) in [6.07, 6.45) is 7.81. The maximum atomic E-state index is 3.56. The molecular weight excluding hydrogens is 302 g/mol.